The molecule has 1 saturated carbocycles. The van der Waals surface area contributed by atoms with Gasteiger partial charge in [0.25, 0.3) is 0 Å². The van der Waals surface area contributed by atoms with Crippen LogP contribution in [0.5, 0.6) is 5.75 Å². The van der Waals surface area contributed by atoms with Gasteiger partial charge in [-0.25, -0.2) is 0 Å². The van der Waals surface area contributed by atoms with Crippen LogP contribution in [0.4, 0.5) is 0 Å². The fourth-order valence-electron chi connectivity index (χ4n) is 2.94. The summed E-state index contributed by atoms with van der Waals surface area (Å²) in [4.78, 5) is 14.5. The van der Waals surface area contributed by atoms with Crippen LogP contribution in [-0.4, -0.2) is 36.0 Å². The van der Waals surface area contributed by atoms with Gasteiger partial charge in [0.05, 0.1) is 18.9 Å². The first-order valence-electron chi connectivity index (χ1n) is 7.79. The zero-order valence-corrected chi connectivity index (χ0v) is 13.4. The Morgan fingerprint density at radius 3 is 3.00 bits per heavy atom. The predicted octanol–water partition coefficient (Wildman–Crippen LogP) is 3.50. The third-order valence-electron chi connectivity index (χ3n) is 4.33. The summed E-state index contributed by atoms with van der Waals surface area (Å²) < 4.78 is 5.30. The van der Waals surface area contributed by atoms with Crippen LogP contribution in [0, 0.1) is 5.92 Å². The molecule has 0 radical (unpaired) electrons. The van der Waals surface area contributed by atoms with Crippen LogP contribution in [0.15, 0.2) is 24.3 Å². The molecule has 1 atom stereocenters. The van der Waals surface area contributed by atoms with Gasteiger partial charge in [0, 0.05) is 6.54 Å². The minimum atomic E-state index is 0.231. The maximum Gasteiger partial charge on any atom is 0.233 e. The monoisotopic (exact) mass is 305 g/mol. The van der Waals surface area contributed by atoms with Gasteiger partial charge in [-0.05, 0) is 55.1 Å². The lowest BCUT2D eigenvalue weighted by atomic mass is 10.0. The number of amides is 1. The van der Waals surface area contributed by atoms with Crippen molar-refractivity contribution in [1.82, 2.24) is 4.90 Å². The number of thioether (sulfide) groups is 1. The second-order valence-corrected chi connectivity index (χ2v) is 7.01. The number of likely N-dealkylation sites (tertiary alicyclic amines) is 1. The first-order valence-corrected chi connectivity index (χ1v) is 8.94. The van der Waals surface area contributed by atoms with Gasteiger partial charge in [0.1, 0.15) is 5.75 Å². The Bertz CT molecular complexity index is 501. The summed E-state index contributed by atoms with van der Waals surface area (Å²) in [5.41, 5.74) is 1.20. The highest BCUT2D eigenvalue weighted by atomic mass is 32.2. The van der Waals surface area contributed by atoms with Gasteiger partial charge in [-0.15, -0.1) is 0 Å². The van der Waals surface area contributed by atoms with Gasteiger partial charge in [-0.3, -0.25) is 4.79 Å². The van der Waals surface area contributed by atoms with Crippen molar-refractivity contribution in [2.45, 2.75) is 31.7 Å². The Morgan fingerprint density at radius 2 is 2.24 bits per heavy atom. The smallest absolute Gasteiger partial charge is 0.233 e. The second-order valence-electron chi connectivity index (χ2n) is 5.98. The largest absolute Gasteiger partial charge is 0.497 e. The van der Waals surface area contributed by atoms with E-state index in [2.05, 4.69) is 17.0 Å². The molecule has 1 saturated heterocycles. The maximum atomic E-state index is 12.5. The normalized spacial score (nSPS) is 21.6. The van der Waals surface area contributed by atoms with Crippen molar-refractivity contribution < 1.29 is 9.53 Å². The van der Waals surface area contributed by atoms with E-state index in [9.17, 15) is 4.79 Å². The molecule has 4 heteroatoms. The molecule has 21 heavy (non-hydrogen) atoms. The third kappa shape index (κ3) is 3.73. The lowest BCUT2D eigenvalue weighted by Gasteiger charge is -2.25. The topological polar surface area (TPSA) is 29.5 Å². The summed E-state index contributed by atoms with van der Waals surface area (Å²) in [6.07, 6.45) is 4.88. The van der Waals surface area contributed by atoms with Crippen molar-refractivity contribution in [2.24, 2.45) is 5.92 Å². The van der Waals surface area contributed by atoms with Crippen molar-refractivity contribution in [1.29, 1.82) is 0 Å². The number of carbonyl (C=O) groups is 1. The quantitative estimate of drug-likeness (QED) is 0.805. The van der Waals surface area contributed by atoms with Crippen LogP contribution >= 0.6 is 11.8 Å². The van der Waals surface area contributed by atoms with Crippen LogP contribution < -0.4 is 4.74 Å². The number of ether oxygens (including phenoxy) is 1. The molecule has 0 bridgehead atoms. The Kier molecular flexibility index (Phi) is 4.73. The Balaban J connectivity index is 1.61. The first kappa shape index (κ1) is 14.8. The highest BCUT2D eigenvalue weighted by Gasteiger charge is 2.30. The number of benzene rings is 1. The summed E-state index contributed by atoms with van der Waals surface area (Å²) in [7, 11) is 1.69. The van der Waals surface area contributed by atoms with E-state index in [1.807, 2.05) is 23.9 Å². The molecule has 0 spiro atoms. The fraction of sp³-hybridized carbons (Fsp3) is 0.588. The fourth-order valence-corrected chi connectivity index (χ4v) is 4.07. The van der Waals surface area contributed by atoms with Gasteiger partial charge in [0.2, 0.25) is 5.91 Å². The molecule has 1 aromatic carbocycles. The number of rotatable bonds is 6. The molecular weight excluding hydrogens is 282 g/mol. The summed E-state index contributed by atoms with van der Waals surface area (Å²) in [5, 5.41) is 0. The van der Waals surface area contributed by atoms with E-state index < -0.39 is 0 Å². The number of carbonyl (C=O) groups excluding carboxylic acids is 1. The standard InChI is InChI=1S/C17H23NO2S/c1-20-15-5-2-4-14(10-15)16-6-3-9-18(16)17(19)12-21-11-13-7-8-13/h2,4-5,10,13,16H,3,6-9,11-12H2,1H3. The maximum absolute atomic E-state index is 12.5. The second kappa shape index (κ2) is 6.73. The molecule has 1 aliphatic carbocycles. The molecular formula is C17H23NO2S. The molecule has 0 N–H and O–H groups in total. The molecule has 1 heterocycles. The Morgan fingerprint density at radius 1 is 1.38 bits per heavy atom. The van der Waals surface area contributed by atoms with Gasteiger partial charge in [-0.2, -0.15) is 11.8 Å². The molecule has 1 unspecified atom stereocenters. The zero-order chi connectivity index (χ0) is 14.7. The summed E-state index contributed by atoms with van der Waals surface area (Å²) in [6.45, 7) is 0.894. The summed E-state index contributed by atoms with van der Waals surface area (Å²) in [5.74, 6) is 3.84. The van der Waals surface area contributed by atoms with Gasteiger partial charge >= 0.3 is 0 Å². The Hall–Kier alpha value is -1.16. The molecule has 1 aliphatic heterocycles. The van der Waals surface area contributed by atoms with Gasteiger partial charge < -0.3 is 9.64 Å². The lowest BCUT2D eigenvalue weighted by molar-refractivity contribution is -0.129. The van der Waals surface area contributed by atoms with Crippen molar-refractivity contribution in [3.05, 3.63) is 29.8 Å². The van der Waals surface area contributed by atoms with E-state index in [0.717, 1.165) is 36.8 Å². The molecule has 3 nitrogen and oxygen atoms in total. The minimum Gasteiger partial charge on any atom is -0.497 e. The number of hydrogen-bond donors (Lipinski definition) is 0. The molecule has 1 amide bonds. The summed E-state index contributed by atoms with van der Waals surface area (Å²) in [6, 6.07) is 8.37. The van der Waals surface area contributed by atoms with Crippen molar-refractivity contribution in [2.75, 3.05) is 25.2 Å². The van der Waals surface area contributed by atoms with Crippen molar-refractivity contribution in [3.8, 4) is 5.75 Å². The van der Waals surface area contributed by atoms with Crippen LogP contribution in [0.2, 0.25) is 0 Å². The van der Waals surface area contributed by atoms with Crippen LogP contribution in [0.25, 0.3) is 0 Å². The molecule has 1 aromatic rings. The molecule has 0 aromatic heterocycles. The van der Waals surface area contributed by atoms with Crippen LogP contribution in [0.1, 0.15) is 37.3 Å². The summed E-state index contributed by atoms with van der Waals surface area (Å²) >= 11 is 1.81. The van der Waals surface area contributed by atoms with Crippen molar-refractivity contribution in [3.63, 3.8) is 0 Å². The van der Waals surface area contributed by atoms with E-state index in [1.165, 1.54) is 18.4 Å². The van der Waals surface area contributed by atoms with Crippen LogP contribution in [0.3, 0.4) is 0 Å². The lowest BCUT2D eigenvalue weighted by Crippen LogP contribution is -2.32. The highest BCUT2D eigenvalue weighted by molar-refractivity contribution is 7.99. The van der Waals surface area contributed by atoms with E-state index >= 15 is 0 Å². The number of hydrogen-bond acceptors (Lipinski definition) is 3. The average molecular weight is 305 g/mol. The highest BCUT2D eigenvalue weighted by Crippen LogP contribution is 2.35. The van der Waals surface area contributed by atoms with E-state index in [-0.39, 0.29) is 6.04 Å². The molecule has 2 aliphatic rings. The predicted molar refractivity (Wildman–Crippen MR) is 86.7 cm³/mol. The average Bonchev–Trinajstić information content (AvgIpc) is 3.20. The minimum absolute atomic E-state index is 0.231. The van der Waals surface area contributed by atoms with Gasteiger partial charge in [-0.1, -0.05) is 12.1 Å². The molecule has 3 rings (SSSR count). The van der Waals surface area contributed by atoms with Gasteiger partial charge in [0.15, 0.2) is 0 Å². The molecule has 114 valence electrons. The van der Waals surface area contributed by atoms with Crippen molar-refractivity contribution >= 4 is 17.7 Å². The Labute approximate surface area is 131 Å². The van der Waals surface area contributed by atoms with Crippen LogP contribution in [-0.2, 0) is 4.79 Å². The SMILES string of the molecule is COc1cccc(C2CCCN2C(=O)CSCC2CC2)c1. The third-order valence-corrected chi connectivity index (χ3v) is 5.49. The molecule has 2 fully saturated rings. The van der Waals surface area contributed by atoms with E-state index in [0.29, 0.717) is 11.7 Å². The van der Waals surface area contributed by atoms with E-state index in [4.69, 9.17) is 4.74 Å². The zero-order valence-electron chi connectivity index (χ0n) is 12.6. The number of methoxy groups -OCH3 is 1. The first-order chi connectivity index (χ1) is 10.3. The number of nitrogens with zero attached hydrogens (tertiary/aromatic N) is 1. The van der Waals surface area contributed by atoms with E-state index in [1.54, 1.807) is 7.11 Å².